The highest BCUT2D eigenvalue weighted by atomic mass is 16.6. The second-order valence-corrected chi connectivity index (χ2v) is 4.98. The molecule has 0 saturated carbocycles. The van der Waals surface area contributed by atoms with Crippen LogP contribution in [0, 0.1) is 0 Å². The van der Waals surface area contributed by atoms with E-state index in [-0.39, 0.29) is 5.91 Å². The minimum Gasteiger partial charge on any atom is -0.459 e. The van der Waals surface area contributed by atoms with Gasteiger partial charge in [0.15, 0.2) is 6.10 Å². The van der Waals surface area contributed by atoms with E-state index in [0.717, 1.165) is 5.56 Å². The van der Waals surface area contributed by atoms with Gasteiger partial charge in [0.1, 0.15) is 6.10 Å². The van der Waals surface area contributed by atoms with Crippen LogP contribution in [-0.2, 0) is 20.9 Å². The van der Waals surface area contributed by atoms with Gasteiger partial charge >= 0.3 is 5.97 Å². The number of carbonyl (C=O) groups is 2. The monoisotopic (exact) mass is 277 g/mol. The van der Waals surface area contributed by atoms with Crippen LogP contribution in [0.4, 0.5) is 0 Å². The lowest BCUT2D eigenvalue weighted by Gasteiger charge is -2.24. The molecule has 0 unspecified atom stereocenters. The van der Waals surface area contributed by atoms with Crippen LogP contribution < -0.4 is 0 Å². The second-order valence-electron chi connectivity index (χ2n) is 4.98. The molecule has 0 spiro atoms. The van der Waals surface area contributed by atoms with Gasteiger partial charge in [-0.2, -0.15) is 0 Å². The summed E-state index contributed by atoms with van der Waals surface area (Å²) in [6.45, 7) is 2.30. The van der Waals surface area contributed by atoms with Crippen LogP contribution in [0.15, 0.2) is 30.3 Å². The van der Waals surface area contributed by atoms with Crippen LogP contribution in [0.5, 0.6) is 0 Å². The van der Waals surface area contributed by atoms with E-state index in [9.17, 15) is 14.7 Å². The van der Waals surface area contributed by atoms with Gasteiger partial charge < -0.3 is 14.7 Å². The highest BCUT2D eigenvalue weighted by Crippen LogP contribution is 2.18. The molecule has 1 saturated heterocycles. The van der Waals surface area contributed by atoms with Crippen molar-refractivity contribution >= 4 is 11.9 Å². The highest BCUT2D eigenvalue weighted by molar-refractivity contribution is 5.82. The fourth-order valence-corrected chi connectivity index (χ4v) is 2.39. The Labute approximate surface area is 118 Å². The smallest absolute Gasteiger partial charge is 0.303 e. The summed E-state index contributed by atoms with van der Waals surface area (Å²) in [7, 11) is 0. The van der Waals surface area contributed by atoms with Crippen molar-refractivity contribution in [2.45, 2.75) is 38.5 Å². The van der Waals surface area contributed by atoms with Crippen molar-refractivity contribution in [3.63, 3.8) is 0 Å². The molecule has 1 aromatic rings. The van der Waals surface area contributed by atoms with Gasteiger partial charge in [-0.15, -0.1) is 0 Å². The third-order valence-electron chi connectivity index (χ3n) is 3.37. The summed E-state index contributed by atoms with van der Waals surface area (Å²) in [5.74, 6) is -0.851. The van der Waals surface area contributed by atoms with Gasteiger partial charge in [0.25, 0.3) is 5.91 Å². The zero-order valence-electron chi connectivity index (χ0n) is 11.5. The average molecular weight is 277 g/mol. The van der Waals surface area contributed by atoms with Gasteiger partial charge in [-0.1, -0.05) is 30.3 Å². The Morgan fingerprint density at radius 3 is 2.75 bits per heavy atom. The number of rotatable bonds is 3. The third kappa shape index (κ3) is 3.57. The largest absolute Gasteiger partial charge is 0.459 e. The molecule has 5 nitrogen and oxygen atoms in total. The molecule has 0 bridgehead atoms. The molecule has 1 amide bonds. The Morgan fingerprint density at radius 1 is 1.40 bits per heavy atom. The molecule has 1 aliphatic rings. The molecule has 108 valence electrons. The standard InChI is InChI=1S/C15H19NO4/c1-11(17)20-13-8-5-9-16(15(19)14(13)18)10-12-6-3-2-4-7-12/h2-4,6-7,13-14,18H,5,8-10H2,1H3/t13-,14-/m1/s1. The number of likely N-dealkylation sites (tertiary alicyclic amines) is 1. The number of aliphatic hydroxyl groups excluding tert-OH is 1. The SMILES string of the molecule is CC(=O)O[C@@H]1CCCN(Cc2ccccc2)C(=O)[C@@H]1O. The van der Waals surface area contributed by atoms with Gasteiger partial charge in [0.2, 0.25) is 0 Å². The van der Waals surface area contributed by atoms with Gasteiger partial charge in [-0.3, -0.25) is 9.59 Å². The van der Waals surface area contributed by atoms with Crippen molar-refractivity contribution < 1.29 is 19.4 Å². The van der Waals surface area contributed by atoms with Crippen LogP contribution in [-0.4, -0.2) is 40.6 Å². The molecule has 1 heterocycles. The maximum atomic E-state index is 12.2. The number of benzene rings is 1. The Morgan fingerprint density at radius 2 is 2.10 bits per heavy atom. The second kappa shape index (κ2) is 6.52. The molecule has 1 aromatic carbocycles. The number of hydrogen-bond acceptors (Lipinski definition) is 4. The topological polar surface area (TPSA) is 66.8 Å². The maximum Gasteiger partial charge on any atom is 0.303 e. The van der Waals surface area contributed by atoms with Gasteiger partial charge in [-0.05, 0) is 18.4 Å². The zero-order valence-corrected chi connectivity index (χ0v) is 11.5. The Kier molecular flexibility index (Phi) is 4.74. The van der Waals surface area contributed by atoms with Gasteiger partial charge in [0, 0.05) is 20.0 Å². The lowest BCUT2D eigenvalue weighted by molar-refractivity contribution is -0.159. The molecule has 2 rings (SSSR count). The molecular weight excluding hydrogens is 258 g/mol. The summed E-state index contributed by atoms with van der Waals surface area (Å²) in [5, 5.41) is 10.0. The number of carbonyl (C=O) groups excluding carboxylic acids is 2. The van der Waals surface area contributed by atoms with E-state index in [2.05, 4.69) is 0 Å². The van der Waals surface area contributed by atoms with Crippen LogP contribution in [0.2, 0.25) is 0 Å². The number of nitrogens with zero attached hydrogens (tertiary/aromatic N) is 1. The summed E-state index contributed by atoms with van der Waals surface area (Å²) >= 11 is 0. The summed E-state index contributed by atoms with van der Waals surface area (Å²) in [4.78, 5) is 24.8. The molecular formula is C15H19NO4. The first kappa shape index (κ1) is 14.5. The predicted molar refractivity (Wildman–Crippen MR) is 72.7 cm³/mol. The molecule has 5 heteroatoms. The number of aliphatic hydroxyl groups is 1. The number of amides is 1. The van der Waals surface area contributed by atoms with Gasteiger partial charge in [-0.25, -0.2) is 0 Å². The first-order chi connectivity index (χ1) is 9.58. The minimum atomic E-state index is -1.27. The fourth-order valence-electron chi connectivity index (χ4n) is 2.39. The lowest BCUT2D eigenvalue weighted by Crippen LogP contribution is -2.43. The van der Waals surface area contributed by atoms with Crippen LogP contribution in [0.25, 0.3) is 0 Å². The molecule has 0 aliphatic carbocycles. The Balaban J connectivity index is 2.05. The van der Waals surface area contributed by atoms with Crippen molar-refractivity contribution in [1.82, 2.24) is 4.90 Å². The van der Waals surface area contributed by atoms with E-state index in [4.69, 9.17) is 4.74 Å². The minimum absolute atomic E-state index is 0.377. The first-order valence-corrected chi connectivity index (χ1v) is 6.76. The summed E-state index contributed by atoms with van der Waals surface area (Å²) in [5.41, 5.74) is 1.01. The normalized spacial score (nSPS) is 23.3. The van der Waals surface area contributed by atoms with Crippen molar-refractivity contribution in [3.05, 3.63) is 35.9 Å². The van der Waals surface area contributed by atoms with E-state index >= 15 is 0 Å². The first-order valence-electron chi connectivity index (χ1n) is 6.76. The summed E-state index contributed by atoms with van der Waals surface area (Å²) in [6, 6.07) is 9.62. The zero-order chi connectivity index (χ0) is 14.5. The van der Waals surface area contributed by atoms with E-state index in [1.54, 1.807) is 4.90 Å². The number of esters is 1. The summed E-state index contributed by atoms with van der Waals surface area (Å²) < 4.78 is 5.02. The number of ether oxygens (including phenoxy) is 1. The van der Waals surface area contributed by atoms with E-state index in [1.165, 1.54) is 6.92 Å². The fraction of sp³-hybridized carbons (Fsp3) is 0.467. The van der Waals surface area contributed by atoms with Crippen molar-refractivity contribution in [2.24, 2.45) is 0 Å². The molecule has 2 atom stereocenters. The van der Waals surface area contributed by atoms with Crippen LogP contribution >= 0.6 is 0 Å². The molecule has 0 radical (unpaired) electrons. The van der Waals surface area contributed by atoms with Crippen molar-refractivity contribution in [3.8, 4) is 0 Å². The van der Waals surface area contributed by atoms with E-state index in [0.29, 0.717) is 25.9 Å². The van der Waals surface area contributed by atoms with E-state index < -0.39 is 18.2 Å². The molecule has 0 aromatic heterocycles. The third-order valence-corrected chi connectivity index (χ3v) is 3.37. The Hall–Kier alpha value is -1.88. The Bertz CT molecular complexity index is 474. The van der Waals surface area contributed by atoms with Crippen molar-refractivity contribution in [1.29, 1.82) is 0 Å². The quantitative estimate of drug-likeness (QED) is 0.840. The highest BCUT2D eigenvalue weighted by Gasteiger charge is 2.34. The van der Waals surface area contributed by atoms with Crippen LogP contribution in [0.1, 0.15) is 25.3 Å². The lowest BCUT2D eigenvalue weighted by atomic mass is 10.1. The summed E-state index contributed by atoms with van der Waals surface area (Å²) in [6.07, 6.45) is -0.809. The van der Waals surface area contributed by atoms with Gasteiger partial charge in [0.05, 0.1) is 0 Å². The molecule has 20 heavy (non-hydrogen) atoms. The predicted octanol–water partition coefficient (Wildman–Crippen LogP) is 1.10. The molecule has 1 N–H and O–H groups in total. The van der Waals surface area contributed by atoms with E-state index in [1.807, 2.05) is 30.3 Å². The maximum absolute atomic E-state index is 12.2. The molecule has 1 fully saturated rings. The number of hydrogen-bond donors (Lipinski definition) is 1. The van der Waals surface area contributed by atoms with Crippen LogP contribution in [0.3, 0.4) is 0 Å². The average Bonchev–Trinajstić information content (AvgIpc) is 2.55. The molecule has 1 aliphatic heterocycles. The van der Waals surface area contributed by atoms with Crippen molar-refractivity contribution in [2.75, 3.05) is 6.54 Å².